The predicted molar refractivity (Wildman–Crippen MR) is 84.0 cm³/mol. The molecule has 110 valence electrons. The number of thiocarbonyl (C=S) groups is 1. The number of hydrogen-bond acceptors (Lipinski definition) is 3. The molecule has 4 nitrogen and oxygen atoms in total. The molecule has 5 heteroatoms. The molecule has 2 aliphatic rings. The first-order valence-corrected chi connectivity index (χ1v) is 8.20. The van der Waals surface area contributed by atoms with Gasteiger partial charge in [0.1, 0.15) is 0 Å². The van der Waals surface area contributed by atoms with E-state index in [0.717, 1.165) is 31.3 Å². The molecule has 2 N–H and O–H groups in total. The number of nitrogens with zero attached hydrogens (tertiary/aromatic N) is 2. The summed E-state index contributed by atoms with van der Waals surface area (Å²) in [5, 5.41) is 12.6. The van der Waals surface area contributed by atoms with Crippen molar-refractivity contribution in [1.82, 2.24) is 20.7 Å². The Hall–Kier alpha value is -0.390. The van der Waals surface area contributed by atoms with Crippen molar-refractivity contribution in [2.24, 2.45) is 0 Å². The summed E-state index contributed by atoms with van der Waals surface area (Å²) in [6, 6.07) is 1.06. The Balaban J connectivity index is 1.73. The van der Waals surface area contributed by atoms with E-state index in [1.54, 1.807) is 0 Å². The molecule has 1 saturated carbocycles. The summed E-state index contributed by atoms with van der Waals surface area (Å²) < 4.78 is 0. The van der Waals surface area contributed by atoms with Gasteiger partial charge in [0.05, 0.1) is 6.04 Å². The Morgan fingerprint density at radius 1 is 0.947 bits per heavy atom. The van der Waals surface area contributed by atoms with Gasteiger partial charge in [0.15, 0.2) is 5.11 Å². The van der Waals surface area contributed by atoms with E-state index in [9.17, 15) is 0 Å². The predicted octanol–water partition coefficient (Wildman–Crippen LogP) is 1.72. The molecular weight excluding hydrogens is 256 g/mol. The van der Waals surface area contributed by atoms with Crippen molar-refractivity contribution in [3.63, 3.8) is 0 Å². The zero-order valence-electron chi connectivity index (χ0n) is 12.3. The quantitative estimate of drug-likeness (QED) is 0.768. The van der Waals surface area contributed by atoms with Crippen LogP contribution >= 0.6 is 12.2 Å². The van der Waals surface area contributed by atoms with Gasteiger partial charge in [-0.3, -0.25) is 0 Å². The van der Waals surface area contributed by atoms with Crippen LogP contribution in [-0.4, -0.2) is 53.4 Å². The maximum absolute atomic E-state index is 5.46. The molecule has 0 aromatic rings. The third-order valence-corrected chi connectivity index (χ3v) is 4.50. The average molecular weight is 284 g/mol. The van der Waals surface area contributed by atoms with Gasteiger partial charge in [0.2, 0.25) is 0 Å². The van der Waals surface area contributed by atoms with Crippen molar-refractivity contribution < 1.29 is 0 Å². The topological polar surface area (TPSA) is 30.5 Å². The maximum atomic E-state index is 5.46. The number of rotatable bonds is 4. The summed E-state index contributed by atoms with van der Waals surface area (Å²) >= 11 is 5.46. The van der Waals surface area contributed by atoms with Gasteiger partial charge in [-0.1, -0.05) is 33.1 Å². The molecule has 0 bridgehead atoms. The molecule has 2 fully saturated rings. The molecular formula is C14H28N4S. The Morgan fingerprint density at radius 3 is 2.00 bits per heavy atom. The van der Waals surface area contributed by atoms with E-state index >= 15 is 0 Å². The number of hydrogen-bond donors (Lipinski definition) is 2. The molecule has 0 unspecified atom stereocenters. The van der Waals surface area contributed by atoms with Gasteiger partial charge in [0.25, 0.3) is 0 Å². The summed E-state index contributed by atoms with van der Waals surface area (Å²) in [6.07, 6.45) is 6.62. The Morgan fingerprint density at radius 2 is 1.47 bits per heavy atom. The van der Waals surface area contributed by atoms with Crippen molar-refractivity contribution in [2.45, 2.75) is 58.0 Å². The number of likely N-dealkylation sites (N-methyl/N-ethyl adjacent to an activating group) is 2. The minimum absolute atomic E-state index is 0.462. The second-order valence-corrected chi connectivity index (χ2v) is 6.07. The summed E-state index contributed by atoms with van der Waals surface area (Å²) in [7, 11) is 0. The number of hydrazine groups is 1. The van der Waals surface area contributed by atoms with Crippen LogP contribution in [0.2, 0.25) is 0 Å². The SMILES string of the molecule is CCN1CC(NC(=S)NC2CCCCC2)CN1CC. The normalized spacial score (nSPS) is 23.7. The Labute approximate surface area is 122 Å². The lowest BCUT2D eigenvalue weighted by atomic mass is 9.96. The minimum atomic E-state index is 0.462. The fraction of sp³-hybridized carbons (Fsp3) is 0.929. The first-order chi connectivity index (χ1) is 9.22. The molecule has 1 aliphatic carbocycles. The summed E-state index contributed by atoms with van der Waals surface area (Å²) in [5.74, 6) is 0. The lowest BCUT2D eigenvalue weighted by molar-refractivity contribution is 0.0388. The highest BCUT2D eigenvalue weighted by Crippen LogP contribution is 2.17. The summed E-state index contributed by atoms with van der Waals surface area (Å²) in [6.45, 7) is 8.71. The van der Waals surface area contributed by atoms with Crippen LogP contribution in [-0.2, 0) is 0 Å². The molecule has 0 amide bonds. The van der Waals surface area contributed by atoms with Gasteiger partial charge in [-0.2, -0.15) is 0 Å². The van der Waals surface area contributed by atoms with Crippen LogP contribution in [0.5, 0.6) is 0 Å². The van der Waals surface area contributed by atoms with E-state index in [0.29, 0.717) is 12.1 Å². The van der Waals surface area contributed by atoms with Gasteiger partial charge >= 0.3 is 0 Å². The van der Waals surface area contributed by atoms with E-state index in [-0.39, 0.29) is 0 Å². The first-order valence-electron chi connectivity index (χ1n) is 7.79. The standard InChI is InChI=1S/C14H28N4S/c1-3-17-10-13(11-18(17)4-2)16-14(19)15-12-8-6-5-7-9-12/h12-13H,3-11H2,1-2H3,(H2,15,16,19). The van der Waals surface area contributed by atoms with Gasteiger partial charge in [-0.05, 0) is 25.1 Å². The first kappa shape index (κ1) is 15.0. The van der Waals surface area contributed by atoms with Gasteiger partial charge in [-0.15, -0.1) is 0 Å². The third kappa shape index (κ3) is 4.29. The van der Waals surface area contributed by atoms with Gasteiger partial charge in [0, 0.05) is 32.2 Å². The van der Waals surface area contributed by atoms with Crippen LogP contribution in [0.15, 0.2) is 0 Å². The van der Waals surface area contributed by atoms with Crippen LogP contribution in [0, 0.1) is 0 Å². The smallest absolute Gasteiger partial charge is 0.166 e. The lowest BCUT2D eigenvalue weighted by Crippen LogP contribution is -2.48. The molecule has 0 radical (unpaired) electrons. The van der Waals surface area contributed by atoms with Crippen molar-refractivity contribution in [1.29, 1.82) is 0 Å². The van der Waals surface area contributed by atoms with Crippen molar-refractivity contribution in [3.05, 3.63) is 0 Å². The van der Waals surface area contributed by atoms with E-state index in [4.69, 9.17) is 12.2 Å². The zero-order valence-corrected chi connectivity index (χ0v) is 13.1. The highest BCUT2D eigenvalue weighted by Gasteiger charge is 2.28. The Bertz CT molecular complexity index is 279. The fourth-order valence-electron chi connectivity index (χ4n) is 3.21. The average Bonchev–Trinajstić information content (AvgIpc) is 2.81. The van der Waals surface area contributed by atoms with Crippen LogP contribution in [0.1, 0.15) is 46.0 Å². The molecule has 2 rings (SSSR count). The van der Waals surface area contributed by atoms with Crippen LogP contribution in [0.25, 0.3) is 0 Å². The van der Waals surface area contributed by atoms with Crippen LogP contribution in [0.4, 0.5) is 0 Å². The lowest BCUT2D eigenvalue weighted by Gasteiger charge is -2.25. The second kappa shape index (κ2) is 7.41. The van der Waals surface area contributed by atoms with Crippen molar-refractivity contribution in [3.8, 4) is 0 Å². The van der Waals surface area contributed by atoms with E-state index in [1.807, 2.05) is 0 Å². The maximum Gasteiger partial charge on any atom is 0.166 e. The largest absolute Gasteiger partial charge is 0.360 e. The summed E-state index contributed by atoms with van der Waals surface area (Å²) in [5.41, 5.74) is 0. The monoisotopic (exact) mass is 284 g/mol. The molecule has 1 saturated heterocycles. The summed E-state index contributed by atoms with van der Waals surface area (Å²) in [4.78, 5) is 0. The van der Waals surface area contributed by atoms with E-state index in [2.05, 4.69) is 34.5 Å². The molecule has 0 spiro atoms. The van der Waals surface area contributed by atoms with Crippen LogP contribution in [0.3, 0.4) is 0 Å². The van der Waals surface area contributed by atoms with Gasteiger partial charge < -0.3 is 10.6 Å². The highest BCUT2D eigenvalue weighted by molar-refractivity contribution is 7.80. The third-order valence-electron chi connectivity index (χ3n) is 4.27. The molecule has 19 heavy (non-hydrogen) atoms. The van der Waals surface area contributed by atoms with E-state index in [1.165, 1.54) is 32.1 Å². The van der Waals surface area contributed by atoms with Crippen molar-refractivity contribution in [2.75, 3.05) is 26.2 Å². The molecule has 0 aromatic heterocycles. The van der Waals surface area contributed by atoms with E-state index < -0.39 is 0 Å². The Kier molecular flexibility index (Phi) is 5.85. The van der Waals surface area contributed by atoms with Crippen molar-refractivity contribution >= 4 is 17.3 Å². The highest BCUT2D eigenvalue weighted by atomic mass is 32.1. The fourth-order valence-corrected chi connectivity index (χ4v) is 3.54. The molecule has 0 aromatic carbocycles. The second-order valence-electron chi connectivity index (χ2n) is 5.66. The minimum Gasteiger partial charge on any atom is -0.360 e. The molecule has 1 aliphatic heterocycles. The van der Waals surface area contributed by atoms with Gasteiger partial charge in [-0.25, -0.2) is 10.0 Å². The molecule has 0 atom stereocenters. The van der Waals surface area contributed by atoms with Crippen LogP contribution < -0.4 is 10.6 Å². The zero-order chi connectivity index (χ0) is 13.7. The molecule has 1 heterocycles. The number of nitrogens with one attached hydrogen (secondary N) is 2.